The van der Waals surface area contributed by atoms with E-state index in [1.54, 1.807) is 20.8 Å². The van der Waals surface area contributed by atoms with Crippen LogP contribution < -0.4 is 5.32 Å². The zero-order valence-electron chi connectivity index (χ0n) is 14.1. The molecule has 0 fully saturated rings. The van der Waals surface area contributed by atoms with Gasteiger partial charge in [0.25, 0.3) is 0 Å². The number of ether oxygens (including phenoxy) is 3. The van der Waals surface area contributed by atoms with E-state index >= 15 is 0 Å². The van der Waals surface area contributed by atoms with E-state index < -0.39 is 11.7 Å². The van der Waals surface area contributed by atoms with Crippen molar-refractivity contribution in [2.45, 2.75) is 38.9 Å². The molecule has 0 aliphatic heterocycles. The largest absolute Gasteiger partial charge is 0.469 e. The van der Waals surface area contributed by atoms with Gasteiger partial charge in [0, 0.05) is 0 Å². The van der Waals surface area contributed by atoms with Crippen LogP contribution in [0, 0.1) is 0 Å². The Kier molecular flexibility index (Phi) is 7.54. The normalized spacial score (nSPS) is 12.3. The molecule has 23 heavy (non-hydrogen) atoms. The first-order valence-electron chi connectivity index (χ1n) is 7.52. The summed E-state index contributed by atoms with van der Waals surface area (Å²) < 4.78 is 15.5. The molecule has 0 heterocycles. The minimum atomic E-state index is -0.557. The van der Waals surface area contributed by atoms with Gasteiger partial charge in [0.2, 0.25) is 0 Å². The molecule has 0 aromatic heterocycles. The Labute approximate surface area is 137 Å². The maximum atomic E-state index is 11.8. The number of hydrogen-bond acceptors (Lipinski definition) is 5. The van der Waals surface area contributed by atoms with Crippen molar-refractivity contribution >= 4 is 12.1 Å². The summed E-state index contributed by atoms with van der Waals surface area (Å²) in [5.41, 5.74) is 0.353. The second-order valence-corrected chi connectivity index (χ2v) is 5.98. The fourth-order valence-corrected chi connectivity index (χ4v) is 1.82. The molecule has 0 radical (unpaired) electrons. The lowest BCUT2D eigenvalue weighted by Gasteiger charge is -2.22. The van der Waals surface area contributed by atoms with Crippen LogP contribution in [0.2, 0.25) is 0 Å². The summed E-state index contributed by atoms with van der Waals surface area (Å²) in [6.45, 7) is 5.86. The lowest BCUT2D eigenvalue weighted by molar-refractivity contribution is -0.142. The molecule has 1 amide bonds. The van der Waals surface area contributed by atoms with Crippen LogP contribution in [-0.4, -0.2) is 37.9 Å². The van der Waals surface area contributed by atoms with E-state index in [1.807, 2.05) is 30.3 Å². The van der Waals surface area contributed by atoms with Gasteiger partial charge in [-0.3, -0.25) is 4.79 Å². The van der Waals surface area contributed by atoms with Crippen molar-refractivity contribution in [3.05, 3.63) is 35.9 Å². The molecule has 128 valence electrons. The number of esters is 1. The van der Waals surface area contributed by atoms with Gasteiger partial charge in [-0.2, -0.15) is 0 Å². The summed E-state index contributed by atoms with van der Waals surface area (Å²) in [7, 11) is 1.33. The van der Waals surface area contributed by atoms with Gasteiger partial charge < -0.3 is 19.5 Å². The Morgan fingerprint density at radius 3 is 2.39 bits per heavy atom. The van der Waals surface area contributed by atoms with Crippen LogP contribution in [0.5, 0.6) is 0 Å². The van der Waals surface area contributed by atoms with Gasteiger partial charge in [-0.05, 0) is 26.3 Å². The highest BCUT2D eigenvalue weighted by atomic mass is 16.6. The standard InChI is InChI=1S/C17H25NO5/c1-17(2,3)23-16(20)18-12-14(13-8-6-5-7-9-13)22-11-10-15(19)21-4/h5-9,14H,10-12H2,1-4H3,(H,18,20)/t14-/m1/s1. The van der Waals surface area contributed by atoms with E-state index in [0.717, 1.165) is 5.56 Å². The van der Waals surface area contributed by atoms with Crippen molar-refractivity contribution in [1.29, 1.82) is 0 Å². The summed E-state index contributed by atoms with van der Waals surface area (Å²) in [5.74, 6) is -0.336. The van der Waals surface area contributed by atoms with Crippen LogP contribution in [0.15, 0.2) is 30.3 Å². The van der Waals surface area contributed by atoms with Crippen molar-refractivity contribution in [1.82, 2.24) is 5.32 Å². The fourth-order valence-electron chi connectivity index (χ4n) is 1.82. The molecule has 1 atom stereocenters. The Hall–Kier alpha value is -2.08. The van der Waals surface area contributed by atoms with Gasteiger partial charge >= 0.3 is 12.1 Å². The minimum absolute atomic E-state index is 0.159. The molecule has 1 aromatic rings. The highest BCUT2D eigenvalue weighted by Crippen LogP contribution is 2.17. The van der Waals surface area contributed by atoms with Gasteiger partial charge in [0.05, 0.1) is 32.8 Å². The number of amides is 1. The first-order chi connectivity index (χ1) is 10.8. The van der Waals surface area contributed by atoms with E-state index in [4.69, 9.17) is 9.47 Å². The van der Waals surface area contributed by atoms with E-state index in [1.165, 1.54) is 7.11 Å². The van der Waals surface area contributed by atoms with Crippen LogP contribution in [0.25, 0.3) is 0 Å². The van der Waals surface area contributed by atoms with Gasteiger partial charge in [0.15, 0.2) is 0 Å². The first kappa shape index (κ1) is 19.0. The third-order valence-electron chi connectivity index (χ3n) is 2.85. The van der Waals surface area contributed by atoms with Crippen LogP contribution >= 0.6 is 0 Å². The molecule has 0 saturated carbocycles. The summed E-state index contributed by atoms with van der Waals surface area (Å²) >= 11 is 0. The Morgan fingerprint density at radius 1 is 1.17 bits per heavy atom. The molecular formula is C17H25NO5. The lowest BCUT2D eigenvalue weighted by Crippen LogP contribution is -2.35. The van der Waals surface area contributed by atoms with Crippen molar-refractivity contribution in [2.24, 2.45) is 0 Å². The summed E-state index contributed by atoms with van der Waals surface area (Å²) in [6, 6.07) is 9.48. The van der Waals surface area contributed by atoms with Crippen molar-refractivity contribution in [2.75, 3.05) is 20.3 Å². The second-order valence-electron chi connectivity index (χ2n) is 5.98. The molecular weight excluding hydrogens is 298 g/mol. The Bertz CT molecular complexity index is 495. The van der Waals surface area contributed by atoms with E-state index in [2.05, 4.69) is 10.1 Å². The number of nitrogens with one attached hydrogen (secondary N) is 1. The predicted octanol–water partition coefficient (Wildman–Crippen LogP) is 2.83. The summed E-state index contributed by atoms with van der Waals surface area (Å²) in [5, 5.41) is 2.69. The summed E-state index contributed by atoms with van der Waals surface area (Å²) in [4.78, 5) is 22.9. The maximum Gasteiger partial charge on any atom is 0.407 e. The lowest BCUT2D eigenvalue weighted by atomic mass is 10.1. The molecule has 6 nitrogen and oxygen atoms in total. The molecule has 0 unspecified atom stereocenters. The van der Waals surface area contributed by atoms with Crippen LogP contribution in [0.3, 0.4) is 0 Å². The minimum Gasteiger partial charge on any atom is -0.469 e. The predicted molar refractivity (Wildman–Crippen MR) is 86.0 cm³/mol. The average Bonchev–Trinajstić information content (AvgIpc) is 2.49. The van der Waals surface area contributed by atoms with Crippen molar-refractivity contribution in [3.8, 4) is 0 Å². The molecule has 6 heteroatoms. The third kappa shape index (κ3) is 8.21. The van der Waals surface area contributed by atoms with Gasteiger partial charge in [-0.15, -0.1) is 0 Å². The van der Waals surface area contributed by atoms with Crippen LogP contribution in [0.4, 0.5) is 4.79 Å². The van der Waals surface area contributed by atoms with Crippen molar-refractivity contribution < 1.29 is 23.8 Å². The smallest absolute Gasteiger partial charge is 0.407 e. The quantitative estimate of drug-likeness (QED) is 0.781. The van der Waals surface area contributed by atoms with Crippen molar-refractivity contribution in [3.63, 3.8) is 0 Å². The van der Waals surface area contributed by atoms with E-state index in [-0.39, 0.29) is 31.6 Å². The van der Waals surface area contributed by atoms with Crippen LogP contribution in [-0.2, 0) is 19.0 Å². The molecule has 1 N–H and O–H groups in total. The second kappa shape index (κ2) is 9.15. The number of methoxy groups -OCH3 is 1. The third-order valence-corrected chi connectivity index (χ3v) is 2.85. The number of carbonyl (C=O) groups is 2. The first-order valence-corrected chi connectivity index (χ1v) is 7.52. The number of carbonyl (C=O) groups excluding carboxylic acids is 2. The number of rotatable bonds is 7. The summed E-state index contributed by atoms with van der Waals surface area (Å²) in [6.07, 6.45) is -0.713. The van der Waals surface area contributed by atoms with E-state index in [0.29, 0.717) is 0 Å². The molecule has 0 aliphatic carbocycles. The van der Waals surface area contributed by atoms with Gasteiger partial charge in [-0.1, -0.05) is 30.3 Å². The average molecular weight is 323 g/mol. The molecule has 0 spiro atoms. The zero-order chi connectivity index (χ0) is 17.3. The maximum absolute atomic E-state index is 11.8. The van der Waals surface area contributed by atoms with Crippen LogP contribution in [0.1, 0.15) is 38.9 Å². The Balaban J connectivity index is 2.58. The zero-order valence-corrected chi connectivity index (χ0v) is 14.1. The van der Waals surface area contributed by atoms with Gasteiger partial charge in [-0.25, -0.2) is 4.79 Å². The highest BCUT2D eigenvalue weighted by molar-refractivity contribution is 5.69. The molecule has 0 bridgehead atoms. The monoisotopic (exact) mass is 323 g/mol. The molecule has 1 rings (SSSR count). The molecule has 0 saturated heterocycles. The number of benzene rings is 1. The van der Waals surface area contributed by atoms with Gasteiger partial charge in [0.1, 0.15) is 5.60 Å². The fraction of sp³-hybridized carbons (Fsp3) is 0.529. The molecule has 1 aromatic carbocycles. The highest BCUT2D eigenvalue weighted by Gasteiger charge is 2.19. The number of hydrogen-bond donors (Lipinski definition) is 1. The van der Waals surface area contributed by atoms with E-state index in [9.17, 15) is 9.59 Å². The number of alkyl carbamates (subject to hydrolysis) is 1. The Morgan fingerprint density at radius 2 is 1.83 bits per heavy atom. The SMILES string of the molecule is COC(=O)CCO[C@H](CNC(=O)OC(C)(C)C)c1ccccc1. The topological polar surface area (TPSA) is 73.9 Å². The molecule has 0 aliphatic rings.